The number of benzene rings is 1. The van der Waals surface area contributed by atoms with E-state index in [4.69, 9.17) is 5.73 Å². The molecule has 1 heterocycles. The molecule has 0 amide bonds. The number of nitrogens with two attached hydrogens (primary N) is 1. The van der Waals surface area contributed by atoms with Crippen molar-refractivity contribution in [3.8, 4) is 0 Å². The molecule has 1 aromatic heterocycles. The van der Waals surface area contributed by atoms with E-state index in [1.807, 2.05) is 13.9 Å². The molecule has 2 rings (SSSR count). The average Bonchev–Trinajstić information content (AvgIpc) is 2.44. The van der Waals surface area contributed by atoms with Crippen molar-refractivity contribution in [3.63, 3.8) is 0 Å². The molecule has 13 heavy (non-hydrogen) atoms. The minimum atomic E-state index is 0.693. The minimum Gasteiger partial charge on any atom is -0.351 e. The summed E-state index contributed by atoms with van der Waals surface area (Å²) in [6.07, 6.45) is 0.925. The summed E-state index contributed by atoms with van der Waals surface area (Å²) >= 11 is 0. The van der Waals surface area contributed by atoms with Crippen LogP contribution in [-0.2, 0) is 6.42 Å². The fourth-order valence-corrected chi connectivity index (χ4v) is 1.51. The molecule has 66 valence electrons. The number of H-pyrrole nitrogens is 1. The molecule has 0 radical (unpaired) electrons. The van der Waals surface area contributed by atoms with E-state index in [2.05, 4.69) is 22.1 Å². The van der Waals surface area contributed by atoms with Crippen LogP contribution in [0.25, 0.3) is 11.0 Å². The van der Waals surface area contributed by atoms with E-state index in [1.54, 1.807) is 0 Å². The van der Waals surface area contributed by atoms with Crippen LogP contribution in [0.4, 0.5) is 0 Å². The van der Waals surface area contributed by atoms with Gasteiger partial charge in [-0.1, -0.05) is 6.07 Å². The van der Waals surface area contributed by atoms with Gasteiger partial charge >= 0.3 is 0 Å². The highest BCUT2D eigenvalue weighted by molar-refractivity contribution is 6.30. The van der Waals surface area contributed by atoms with Gasteiger partial charge in [-0.05, 0) is 30.7 Å². The molecular formula is C9H12BN3. The molecule has 0 fully saturated rings. The Morgan fingerprint density at radius 3 is 3.08 bits per heavy atom. The van der Waals surface area contributed by atoms with E-state index < -0.39 is 0 Å². The van der Waals surface area contributed by atoms with Crippen LogP contribution in [0, 0.1) is 0 Å². The van der Waals surface area contributed by atoms with Gasteiger partial charge in [0.25, 0.3) is 0 Å². The second kappa shape index (κ2) is 3.22. The molecule has 0 aliphatic heterocycles. The summed E-state index contributed by atoms with van der Waals surface area (Å²) in [7, 11) is 1.96. The van der Waals surface area contributed by atoms with Gasteiger partial charge in [0.15, 0.2) is 7.85 Å². The van der Waals surface area contributed by atoms with Crippen molar-refractivity contribution in [2.24, 2.45) is 5.73 Å². The first-order chi connectivity index (χ1) is 6.29. The van der Waals surface area contributed by atoms with Crippen LogP contribution in [-0.4, -0.2) is 24.4 Å². The highest BCUT2D eigenvalue weighted by Crippen LogP contribution is 2.10. The maximum atomic E-state index is 5.48. The molecule has 0 saturated carbocycles. The Kier molecular flexibility index (Phi) is 2.06. The van der Waals surface area contributed by atoms with Gasteiger partial charge in [0.2, 0.25) is 0 Å². The zero-order valence-corrected chi connectivity index (χ0v) is 7.67. The van der Waals surface area contributed by atoms with Crippen molar-refractivity contribution in [2.45, 2.75) is 6.42 Å². The lowest BCUT2D eigenvalue weighted by Gasteiger charge is -1.96. The monoisotopic (exact) mass is 173 g/mol. The van der Waals surface area contributed by atoms with Crippen LogP contribution < -0.4 is 11.5 Å². The van der Waals surface area contributed by atoms with Crippen LogP contribution in [0.2, 0.25) is 0 Å². The third-order valence-electron chi connectivity index (χ3n) is 2.10. The number of fused-ring (bicyclic) bond motifs is 1. The molecule has 0 saturated heterocycles. The predicted octanol–water partition coefficient (Wildman–Crippen LogP) is -0.678. The molecule has 0 spiro atoms. The van der Waals surface area contributed by atoms with Crippen molar-refractivity contribution < 1.29 is 0 Å². The van der Waals surface area contributed by atoms with Crippen molar-refractivity contribution >= 4 is 24.6 Å². The molecule has 1 aromatic carbocycles. The summed E-state index contributed by atoms with van der Waals surface area (Å²) in [5.74, 6) is 0. The van der Waals surface area contributed by atoms with E-state index in [0.29, 0.717) is 6.54 Å². The summed E-state index contributed by atoms with van der Waals surface area (Å²) in [6.45, 7) is 0.693. The summed E-state index contributed by atoms with van der Waals surface area (Å²) in [5.41, 5.74) is 9.83. The molecule has 0 bridgehead atoms. The second-order valence-corrected chi connectivity index (χ2v) is 3.21. The third-order valence-corrected chi connectivity index (χ3v) is 2.10. The number of rotatable bonds is 2. The number of nitrogens with one attached hydrogen (secondary N) is 1. The van der Waals surface area contributed by atoms with E-state index >= 15 is 0 Å². The first kappa shape index (κ1) is 8.32. The quantitative estimate of drug-likeness (QED) is 0.591. The Morgan fingerprint density at radius 2 is 2.31 bits per heavy atom. The summed E-state index contributed by atoms with van der Waals surface area (Å²) in [5, 5.41) is 0. The topological polar surface area (TPSA) is 54.7 Å². The highest BCUT2D eigenvalue weighted by Gasteiger charge is 1.99. The standard InChI is InChI=1S/C9H12BN3/c10-9-12-7-2-1-6(3-4-11)5-8(7)13-9/h1-2,5H,3-4,10-11H2,(H,12,13). The summed E-state index contributed by atoms with van der Waals surface area (Å²) in [4.78, 5) is 7.53. The number of hydrogen-bond acceptors (Lipinski definition) is 2. The molecule has 3 nitrogen and oxygen atoms in total. The molecule has 3 N–H and O–H groups in total. The molecular weight excluding hydrogens is 161 g/mol. The summed E-state index contributed by atoms with van der Waals surface area (Å²) < 4.78 is 0. The van der Waals surface area contributed by atoms with Gasteiger partial charge < -0.3 is 10.7 Å². The van der Waals surface area contributed by atoms with Gasteiger partial charge in [-0.15, -0.1) is 0 Å². The molecule has 0 atom stereocenters. The van der Waals surface area contributed by atoms with Gasteiger partial charge in [0, 0.05) is 0 Å². The Balaban J connectivity index is 2.48. The van der Waals surface area contributed by atoms with Crippen molar-refractivity contribution in [1.82, 2.24) is 9.97 Å². The summed E-state index contributed by atoms with van der Waals surface area (Å²) in [6, 6.07) is 6.22. The molecule has 2 aromatic rings. The lowest BCUT2D eigenvalue weighted by atomic mass is 10.1. The minimum absolute atomic E-state index is 0.693. The SMILES string of the molecule is Bc1nc2ccc(CCN)cc2[nH]1. The third kappa shape index (κ3) is 1.58. The Labute approximate surface area is 77.8 Å². The van der Waals surface area contributed by atoms with E-state index in [-0.39, 0.29) is 0 Å². The highest BCUT2D eigenvalue weighted by atomic mass is 14.9. The van der Waals surface area contributed by atoms with Gasteiger partial charge in [0.05, 0.1) is 16.8 Å². The molecule has 0 aliphatic carbocycles. The first-order valence-electron chi connectivity index (χ1n) is 4.45. The van der Waals surface area contributed by atoms with Crippen LogP contribution in [0.5, 0.6) is 0 Å². The van der Waals surface area contributed by atoms with Crippen molar-refractivity contribution in [2.75, 3.05) is 6.54 Å². The van der Waals surface area contributed by atoms with Crippen LogP contribution in [0.15, 0.2) is 18.2 Å². The maximum Gasteiger partial charge on any atom is 0.186 e. The van der Waals surface area contributed by atoms with Gasteiger partial charge in [-0.2, -0.15) is 0 Å². The number of hydrogen-bond donors (Lipinski definition) is 2. The largest absolute Gasteiger partial charge is 0.351 e. The number of imidazole rings is 1. The zero-order valence-electron chi connectivity index (χ0n) is 7.67. The molecule has 0 unspecified atom stereocenters. The number of nitrogens with zero attached hydrogens (tertiary/aromatic N) is 1. The lowest BCUT2D eigenvalue weighted by molar-refractivity contribution is 0.970. The van der Waals surface area contributed by atoms with Crippen LogP contribution >= 0.6 is 0 Å². The smallest absolute Gasteiger partial charge is 0.186 e. The van der Waals surface area contributed by atoms with Crippen LogP contribution in [0.3, 0.4) is 0 Å². The first-order valence-corrected chi connectivity index (χ1v) is 4.45. The van der Waals surface area contributed by atoms with Gasteiger partial charge in [-0.25, -0.2) is 4.98 Å². The average molecular weight is 173 g/mol. The maximum absolute atomic E-state index is 5.48. The molecule has 0 aliphatic rings. The second-order valence-electron chi connectivity index (χ2n) is 3.21. The zero-order chi connectivity index (χ0) is 9.26. The van der Waals surface area contributed by atoms with Gasteiger partial charge in [0.1, 0.15) is 0 Å². The Bertz CT molecular complexity index is 422. The normalized spacial score (nSPS) is 10.8. The number of aromatic nitrogens is 2. The lowest BCUT2D eigenvalue weighted by Crippen LogP contribution is -2.04. The van der Waals surface area contributed by atoms with E-state index in [9.17, 15) is 0 Å². The number of aromatic amines is 1. The van der Waals surface area contributed by atoms with E-state index in [0.717, 1.165) is 23.2 Å². The Morgan fingerprint density at radius 1 is 1.46 bits per heavy atom. The van der Waals surface area contributed by atoms with Gasteiger partial charge in [-0.3, -0.25) is 0 Å². The fourth-order valence-electron chi connectivity index (χ4n) is 1.51. The van der Waals surface area contributed by atoms with Crippen molar-refractivity contribution in [3.05, 3.63) is 23.8 Å². The predicted molar refractivity (Wildman–Crippen MR) is 57.0 cm³/mol. The molecule has 4 heteroatoms. The van der Waals surface area contributed by atoms with E-state index in [1.165, 1.54) is 5.56 Å². The Hall–Kier alpha value is -1.29. The fraction of sp³-hybridized carbons (Fsp3) is 0.222. The van der Waals surface area contributed by atoms with Crippen LogP contribution in [0.1, 0.15) is 5.56 Å². The van der Waals surface area contributed by atoms with Crippen molar-refractivity contribution in [1.29, 1.82) is 0 Å².